The molecular formula is C28H25ClN2O5. The lowest BCUT2D eigenvalue weighted by molar-refractivity contribution is -0.136. The molecule has 0 saturated heterocycles. The number of benzene rings is 3. The molecule has 184 valence electrons. The summed E-state index contributed by atoms with van der Waals surface area (Å²) in [5.74, 6) is 0.843. The molecule has 1 heterocycles. The zero-order valence-electron chi connectivity index (χ0n) is 19.7. The van der Waals surface area contributed by atoms with Gasteiger partial charge in [-0.25, -0.2) is 4.79 Å². The van der Waals surface area contributed by atoms with Crippen LogP contribution in [-0.4, -0.2) is 19.2 Å². The van der Waals surface area contributed by atoms with Crippen molar-refractivity contribution >= 4 is 17.6 Å². The molecule has 0 fully saturated rings. The van der Waals surface area contributed by atoms with Crippen molar-refractivity contribution in [3.05, 3.63) is 94.3 Å². The Hall–Kier alpha value is -4.15. The van der Waals surface area contributed by atoms with Gasteiger partial charge < -0.3 is 24.7 Å². The average molecular weight is 505 g/mol. The van der Waals surface area contributed by atoms with E-state index in [1.807, 2.05) is 24.3 Å². The highest BCUT2D eigenvalue weighted by molar-refractivity contribution is 6.30. The van der Waals surface area contributed by atoms with Gasteiger partial charge >= 0.3 is 5.97 Å². The van der Waals surface area contributed by atoms with Crippen molar-refractivity contribution < 1.29 is 23.7 Å². The molecule has 4 rings (SSSR count). The number of carbonyl (C=O) groups excluding carboxylic acids is 1. The van der Waals surface area contributed by atoms with Crippen LogP contribution in [0.3, 0.4) is 0 Å². The van der Waals surface area contributed by atoms with Crippen LogP contribution in [0.5, 0.6) is 23.0 Å². The molecule has 3 aromatic rings. The van der Waals surface area contributed by atoms with E-state index in [1.165, 1.54) is 0 Å². The van der Waals surface area contributed by atoms with E-state index >= 15 is 0 Å². The third-order valence-electron chi connectivity index (χ3n) is 5.55. The molecule has 2 N–H and O–H groups in total. The van der Waals surface area contributed by atoms with Gasteiger partial charge in [-0.1, -0.05) is 43.1 Å². The van der Waals surface area contributed by atoms with E-state index in [2.05, 4.69) is 13.0 Å². The van der Waals surface area contributed by atoms with Crippen LogP contribution < -0.4 is 24.7 Å². The van der Waals surface area contributed by atoms with Crippen molar-refractivity contribution in [2.45, 2.75) is 25.7 Å². The number of unbranched alkanes of at least 4 members (excludes halogenated alkanes) is 1. The molecule has 1 unspecified atom stereocenters. The first kappa shape index (κ1) is 25.0. The number of allylic oxidation sites excluding steroid dienone is 1. The second-order valence-corrected chi connectivity index (χ2v) is 8.55. The van der Waals surface area contributed by atoms with Gasteiger partial charge in [0.25, 0.3) is 0 Å². The van der Waals surface area contributed by atoms with Crippen molar-refractivity contribution in [3.63, 3.8) is 0 Å². The van der Waals surface area contributed by atoms with Gasteiger partial charge in [0.2, 0.25) is 5.88 Å². The van der Waals surface area contributed by atoms with Gasteiger partial charge in [-0.2, -0.15) is 5.26 Å². The van der Waals surface area contributed by atoms with Gasteiger partial charge in [0.1, 0.15) is 34.6 Å². The molecule has 0 radical (unpaired) electrons. The van der Waals surface area contributed by atoms with Crippen LogP contribution in [0.25, 0.3) is 0 Å². The van der Waals surface area contributed by atoms with E-state index < -0.39 is 11.9 Å². The molecule has 1 aliphatic heterocycles. The van der Waals surface area contributed by atoms with Crippen molar-refractivity contribution in [1.82, 2.24) is 0 Å². The number of ether oxygens (including phenoxy) is 4. The Morgan fingerprint density at radius 1 is 1.06 bits per heavy atom. The van der Waals surface area contributed by atoms with Gasteiger partial charge in [-0.05, 0) is 54.4 Å². The van der Waals surface area contributed by atoms with Crippen LogP contribution in [0.1, 0.15) is 36.8 Å². The van der Waals surface area contributed by atoms with Gasteiger partial charge in [-0.3, -0.25) is 0 Å². The minimum atomic E-state index is -0.588. The van der Waals surface area contributed by atoms with Crippen molar-refractivity contribution in [3.8, 4) is 29.1 Å². The Labute approximate surface area is 214 Å². The lowest BCUT2D eigenvalue weighted by Gasteiger charge is -2.27. The molecule has 1 atom stereocenters. The molecule has 7 nitrogen and oxygen atoms in total. The number of fused-ring (bicyclic) bond motifs is 1. The molecule has 0 bridgehead atoms. The predicted octanol–water partition coefficient (Wildman–Crippen LogP) is 5.72. The van der Waals surface area contributed by atoms with Crippen LogP contribution in [0.15, 0.2) is 78.2 Å². The zero-order valence-corrected chi connectivity index (χ0v) is 20.5. The first-order valence-corrected chi connectivity index (χ1v) is 11.9. The second-order valence-electron chi connectivity index (χ2n) is 8.12. The number of hydrogen-bond donors (Lipinski definition) is 1. The van der Waals surface area contributed by atoms with E-state index in [9.17, 15) is 10.1 Å². The molecule has 1 aliphatic rings. The normalized spacial score (nSPS) is 14.3. The topological polar surface area (TPSA) is 104 Å². The fourth-order valence-corrected chi connectivity index (χ4v) is 3.92. The van der Waals surface area contributed by atoms with Crippen LogP contribution >= 0.6 is 11.6 Å². The summed E-state index contributed by atoms with van der Waals surface area (Å²) in [5.41, 5.74) is 7.98. The summed E-state index contributed by atoms with van der Waals surface area (Å²) in [5, 5.41) is 10.4. The van der Waals surface area contributed by atoms with Gasteiger partial charge in [0, 0.05) is 16.7 Å². The maximum atomic E-state index is 12.3. The summed E-state index contributed by atoms with van der Waals surface area (Å²) in [7, 11) is 0. The highest BCUT2D eigenvalue weighted by Gasteiger charge is 2.31. The maximum Gasteiger partial charge on any atom is 0.349 e. The van der Waals surface area contributed by atoms with Crippen molar-refractivity contribution in [1.29, 1.82) is 5.26 Å². The van der Waals surface area contributed by atoms with Crippen LogP contribution in [0.4, 0.5) is 0 Å². The highest BCUT2D eigenvalue weighted by Crippen LogP contribution is 2.44. The minimum absolute atomic E-state index is 0.00172. The fourth-order valence-electron chi connectivity index (χ4n) is 3.79. The third-order valence-corrected chi connectivity index (χ3v) is 5.80. The van der Waals surface area contributed by atoms with E-state index in [0.717, 1.165) is 29.7 Å². The zero-order chi connectivity index (χ0) is 25.5. The molecule has 0 amide bonds. The van der Waals surface area contributed by atoms with Crippen LogP contribution in [0.2, 0.25) is 5.02 Å². The number of nitrogens with zero attached hydrogens (tertiary/aromatic N) is 1. The second kappa shape index (κ2) is 11.5. The Kier molecular flexibility index (Phi) is 7.99. The number of esters is 1. The first-order valence-electron chi connectivity index (χ1n) is 11.5. The number of nitriles is 1. The highest BCUT2D eigenvalue weighted by atomic mass is 35.5. The number of nitrogens with two attached hydrogens (primary N) is 1. The number of halogens is 1. The van der Waals surface area contributed by atoms with Crippen molar-refractivity contribution in [2.75, 3.05) is 13.2 Å². The lowest BCUT2D eigenvalue weighted by Crippen LogP contribution is -2.21. The summed E-state index contributed by atoms with van der Waals surface area (Å²) in [4.78, 5) is 12.3. The third kappa shape index (κ3) is 5.91. The lowest BCUT2D eigenvalue weighted by atomic mass is 9.83. The van der Waals surface area contributed by atoms with E-state index in [-0.39, 0.29) is 18.2 Å². The summed E-state index contributed by atoms with van der Waals surface area (Å²) in [6.07, 6.45) is 1.98. The minimum Gasteiger partial charge on any atom is -0.494 e. The average Bonchev–Trinajstić information content (AvgIpc) is 2.88. The molecule has 3 aromatic carbocycles. The smallest absolute Gasteiger partial charge is 0.349 e. The largest absolute Gasteiger partial charge is 0.494 e. The summed E-state index contributed by atoms with van der Waals surface area (Å²) >= 11 is 5.86. The molecule has 0 saturated carbocycles. The van der Waals surface area contributed by atoms with Gasteiger partial charge in [0.15, 0.2) is 6.61 Å². The van der Waals surface area contributed by atoms with Crippen molar-refractivity contribution in [2.24, 2.45) is 5.73 Å². The summed E-state index contributed by atoms with van der Waals surface area (Å²) < 4.78 is 22.4. The molecular weight excluding hydrogens is 480 g/mol. The van der Waals surface area contributed by atoms with Gasteiger partial charge in [0.05, 0.1) is 12.5 Å². The van der Waals surface area contributed by atoms with Gasteiger partial charge in [-0.15, -0.1) is 0 Å². The standard InChI is InChI=1S/C28H25ClN2O5/c1-2-3-13-33-21-6-4-5-18(14-21)27-23-12-11-22(15-25(23)36-28(31)24(27)16-30)35-26(32)17-34-20-9-7-19(29)8-10-20/h4-12,14-15,27H,2-3,13,17,31H2,1H3. The monoisotopic (exact) mass is 504 g/mol. The Balaban J connectivity index is 1.53. The molecule has 0 aliphatic carbocycles. The SMILES string of the molecule is CCCCOc1cccc(C2C(C#N)=C(N)Oc3cc(OC(=O)COc4ccc(Cl)cc4)ccc32)c1. The first-order chi connectivity index (χ1) is 17.5. The summed E-state index contributed by atoms with van der Waals surface area (Å²) in [6.45, 7) is 2.43. The number of hydrogen-bond acceptors (Lipinski definition) is 7. The Morgan fingerprint density at radius 3 is 2.58 bits per heavy atom. The molecule has 8 heteroatoms. The number of rotatable bonds is 9. The van der Waals surface area contributed by atoms with E-state index in [0.29, 0.717) is 28.7 Å². The van der Waals surface area contributed by atoms with Crippen LogP contribution in [-0.2, 0) is 4.79 Å². The molecule has 0 aromatic heterocycles. The molecule has 0 spiro atoms. The predicted molar refractivity (Wildman–Crippen MR) is 135 cm³/mol. The Morgan fingerprint density at radius 2 is 1.83 bits per heavy atom. The summed E-state index contributed by atoms with van der Waals surface area (Å²) in [6, 6.07) is 21.4. The fraction of sp³-hybridized carbons (Fsp3) is 0.214. The van der Waals surface area contributed by atoms with E-state index in [1.54, 1.807) is 42.5 Å². The van der Waals surface area contributed by atoms with E-state index in [4.69, 9.17) is 36.3 Å². The van der Waals surface area contributed by atoms with Crippen LogP contribution in [0, 0.1) is 11.3 Å². The number of carbonyl (C=O) groups is 1. The Bertz CT molecular complexity index is 1310. The quantitative estimate of drug-likeness (QED) is 0.226. The molecule has 36 heavy (non-hydrogen) atoms. The maximum absolute atomic E-state index is 12.3.